The molecule has 4 bridgehead atoms. The summed E-state index contributed by atoms with van der Waals surface area (Å²) in [5, 5.41) is 2.84. The van der Waals surface area contributed by atoms with Crippen LogP contribution in [-0.4, -0.2) is 42.3 Å². The first kappa shape index (κ1) is 18.6. The first-order valence-corrected chi connectivity index (χ1v) is 10.1. The van der Waals surface area contributed by atoms with Crippen LogP contribution in [0.1, 0.15) is 38.5 Å². The standard InChI is InChI=1S/C21H27ClN2O3/c1-24(12-18(25)23-16-4-3-5-17(7-16)27-2)19(26)20-8-14-6-15(9-20)11-21(22,10-14)13-20/h3-5,7,14-15H,6,8-13H2,1-2H3,(H,23,25)/t14-,15+,20?,21?. The van der Waals surface area contributed by atoms with Crippen molar-refractivity contribution in [3.05, 3.63) is 24.3 Å². The van der Waals surface area contributed by atoms with Gasteiger partial charge in [0.1, 0.15) is 5.75 Å². The molecular formula is C21H27ClN2O3. The fraction of sp³-hybridized carbons (Fsp3) is 0.619. The Labute approximate surface area is 165 Å². The summed E-state index contributed by atoms with van der Waals surface area (Å²) in [6, 6.07) is 7.20. The van der Waals surface area contributed by atoms with Crippen molar-refractivity contribution in [3.8, 4) is 5.75 Å². The van der Waals surface area contributed by atoms with E-state index in [2.05, 4.69) is 5.32 Å². The van der Waals surface area contributed by atoms with E-state index < -0.39 is 0 Å². The van der Waals surface area contributed by atoms with E-state index in [9.17, 15) is 9.59 Å². The SMILES string of the molecule is COc1cccc(NC(=O)CN(C)C(=O)C23C[C@@H]4C[C@@H](CC(Cl)(C4)C2)C3)c1. The fourth-order valence-electron chi connectivity index (χ4n) is 5.99. The number of methoxy groups -OCH3 is 1. The van der Waals surface area contributed by atoms with Gasteiger partial charge in [0.15, 0.2) is 0 Å². The van der Waals surface area contributed by atoms with Gasteiger partial charge in [-0.05, 0) is 62.5 Å². The number of benzene rings is 1. The average Bonchev–Trinajstić information content (AvgIpc) is 2.58. The number of likely N-dealkylation sites (N-methyl/N-ethyl adjacent to an activating group) is 1. The quantitative estimate of drug-likeness (QED) is 0.780. The zero-order valence-electron chi connectivity index (χ0n) is 16.0. The van der Waals surface area contributed by atoms with Crippen molar-refractivity contribution in [2.45, 2.75) is 43.4 Å². The highest BCUT2D eigenvalue weighted by Crippen LogP contribution is 2.64. The Kier molecular flexibility index (Phi) is 4.61. The van der Waals surface area contributed by atoms with Crippen LogP contribution in [0.25, 0.3) is 0 Å². The Morgan fingerprint density at radius 1 is 1.26 bits per heavy atom. The van der Waals surface area contributed by atoms with Crippen molar-refractivity contribution < 1.29 is 14.3 Å². The molecule has 0 aliphatic heterocycles. The largest absolute Gasteiger partial charge is 0.497 e. The average molecular weight is 391 g/mol. The van der Waals surface area contributed by atoms with E-state index in [0.29, 0.717) is 23.3 Å². The van der Waals surface area contributed by atoms with E-state index >= 15 is 0 Å². The number of carbonyl (C=O) groups excluding carboxylic acids is 2. The fourth-order valence-corrected chi connectivity index (χ4v) is 6.69. The molecule has 0 radical (unpaired) electrons. The molecule has 4 atom stereocenters. The molecule has 27 heavy (non-hydrogen) atoms. The molecule has 1 N–H and O–H groups in total. The summed E-state index contributed by atoms with van der Waals surface area (Å²) in [4.78, 5) is 27.1. The number of nitrogens with zero attached hydrogens (tertiary/aromatic N) is 1. The molecule has 0 spiro atoms. The van der Waals surface area contributed by atoms with Gasteiger partial charge in [-0.1, -0.05) is 6.07 Å². The lowest BCUT2D eigenvalue weighted by Gasteiger charge is -2.59. The Morgan fingerprint density at radius 2 is 1.96 bits per heavy atom. The van der Waals surface area contributed by atoms with E-state index in [-0.39, 0.29) is 28.6 Å². The molecule has 2 amide bonds. The lowest BCUT2D eigenvalue weighted by atomic mass is 9.49. The summed E-state index contributed by atoms with van der Waals surface area (Å²) in [7, 11) is 3.31. The second-order valence-electron chi connectivity index (χ2n) is 8.83. The molecule has 4 aliphatic rings. The monoisotopic (exact) mass is 390 g/mol. The number of carbonyl (C=O) groups is 2. The molecule has 4 aliphatic carbocycles. The summed E-state index contributed by atoms with van der Waals surface area (Å²) in [5.41, 5.74) is 0.298. The number of ether oxygens (including phenoxy) is 1. The molecule has 1 aromatic rings. The first-order chi connectivity index (χ1) is 12.8. The normalized spacial score (nSPS) is 33.6. The minimum Gasteiger partial charge on any atom is -0.497 e. The molecule has 146 valence electrons. The third kappa shape index (κ3) is 3.54. The van der Waals surface area contributed by atoms with Gasteiger partial charge in [-0.15, -0.1) is 11.6 Å². The van der Waals surface area contributed by atoms with Gasteiger partial charge < -0.3 is 15.0 Å². The number of nitrogens with one attached hydrogen (secondary N) is 1. The zero-order chi connectivity index (χ0) is 19.2. The Balaban J connectivity index is 1.41. The lowest BCUT2D eigenvalue weighted by Crippen LogP contribution is -2.59. The van der Waals surface area contributed by atoms with E-state index in [1.807, 2.05) is 12.1 Å². The third-order valence-electron chi connectivity index (χ3n) is 6.52. The Bertz CT molecular complexity index is 752. The van der Waals surface area contributed by atoms with Gasteiger partial charge in [0.25, 0.3) is 0 Å². The van der Waals surface area contributed by atoms with Gasteiger partial charge in [-0.3, -0.25) is 9.59 Å². The lowest BCUT2D eigenvalue weighted by molar-refractivity contribution is -0.155. The van der Waals surface area contributed by atoms with Crippen LogP contribution in [0.3, 0.4) is 0 Å². The predicted molar refractivity (Wildman–Crippen MR) is 105 cm³/mol. The molecule has 0 heterocycles. The number of rotatable bonds is 5. The molecule has 6 heteroatoms. The third-order valence-corrected chi connectivity index (χ3v) is 6.97. The van der Waals surface area contributed by atoms with Crippen molar-refractivity contribution in [1.29, 1.82) is 0 Å². The molecule has 4 fully saturated rings. The van der Waals surface area contributed by atoms with Crippen LogP contribution in [0.4, 0.5) is 5.69 Å². The maximum Gasteiger partial charge on any atom is 0.243 e. The number of alkyl halides is 1. The van der Waals surface area contributed by atoms with Gasteiger partial charge in [0.05, 0.1) is 19.1 Å². The minimum absolute atomic E-state index is 0.0441. The van der Waals surface area contributed by atoms with Crippen molar-refractivity contribution in [2.75, 3.05) is 26.0 Å². The van der Waals surface area contributed by atoms with Crippen molar-refractivity contribution in [3.63, 3.8) is 0 Å². The van der Waals surface area contributed by atoms with Gasteiger partial charge in [0.2, 0.25) is 11.8 Å². The Hall–Kier alpha value is -1.75. The van der Waals surface area contributed by atoms with Crippen molar-refractivity contribution in [1.82, 2.24) is 4.90 Å². The molecule has 4 saturated carbocycles. The highest BCUT2D eigenvalue weighted by atomic mass is 35.5. The van der Waals surface area contributed by atoms with Crippen LogP contribution in [-0.2, 0) is 9.59 Å². The van der Waals surface area contributed by atoms with Crippen molar-refractivity contribution in [2.24, 2.45) is 17.3 Å². The highest BCUT2D eigenvalue weighted by Gasteiger charge is 2.60. The molecule has 0 aromatic heterocycles. The summed E-state index contributed by atoms with van der Waals surface area (Å²) in [6.07, 6.45) is 5.91. The van der Waals surface area contributed by atoms with Crippen molar-refractivity contribution >= 4 is 29.1 Å². The molecule has 5 nitrogen and oxygen atoms in total. The van der Waals surface area contributed by atoms with E-state index in [1.54, 1.807) is 31.2 Å². The number of halogens is 1. The minimum atomic E-state index is -0.364. The molecular weight excluding hydrogens is 364 g/mol. The molecule has 0 saturated heterocycles. The van der Waals surface area contributed by atoms with Gasteiger partial charge in [0, 0.05) is 23.7 Å². The number of anilines is 1. The number of hydrogen-bond acceptors (Lipinski definition) is 3. The van der Waals surface area contributed by atoms with Crippen LogP contribution in [0, 0.1) is 17.3 Å². The van der Waals surface area contributed by atoms with Crippen LogP contribution in [0.5, 0.6) is 5.75 Å². The summed E-state index contributed by atoms with van der Waals surface area (Å²) in [6.45, 7) is 0.0441. The van der Waals surface area contributed by atoms with E-state index in [4.69, 9.17) is 16.3 Å². The molecule has 2 unspecified atom stereocenters. The maximum absolute atomic E-state index is 13.3. The predicted octanol–water partition coefficient (Wildman–Crippen LogP) is 3.67. The molecule has 5 rings (SSSR count). The maximum atomic E-state index is 13.3. The van der Waals surface area contributed by atoms with Crippen LogP contribution in [0.15, 0.2) is 24.3 Å². The molecule has 1 aromatic carbocycles. The van der Waals surface area contributed by atoms with Gasteiger partial charge >= 0.3 is 0 Å². The first-order valence-electron chi connectivity index (χ1n) is 9.69. The van der Waals surface area contributed by atoms with E-state index in [1.165, 1.54) is 6.42 Å². The number of hydrogen-bond donors (Lipinski definition) is 1. The second-order valence-corrected chi connectivity index (χ2v) is 9.64. The van der Waals surface area contributed by atoms with E-state index in [0.717, 1.165) is 32.1 Å². The smallest absolute Gasteiger partial charge is 0.243 e. The summed E-state index contributed by atoms with van der Waals surface area (Å²) < 4.78 is 5.17. The summed E-state index contributed by atoms with van der Waals surface area (Å²) in [5.74, 6) is 1.68. The van der Waals surface area contributed by atoms with Gasteiger partial charge in [-0.2, -0.15) is 0 Å². The van der Waals surface area contributed by atoms with Crippen LogP contribution in [0.2, 0.25) is 0 Å². The zero-order valence-corrected chi connectivity index (χ0v) is 16.7. The highest BCUT2D eigenvalue weighted by molar-refractivity contribution is 6.24. The number of amides is 2. The van der Waals surface area contributed by atoms with Crippen LogP contribution < -0.4 is 10.1 Å². The summed E-state index contributed by atoms with van der Waals surface area (Å²) >= 11 is 6.85. The Morgan fingerprint density at radius 3 is 2.59 bits per heavy atom. The second kappa shape index (κ2) is 6.69. The van der Waals surface area contributed by atoms with Gasteiger partial charge in [-0.25, -0.2) is 0 Å². The van der Waals surface area contributed by atoms with Crippen LogP contribution >= 0.6 is 11.6 Å². The topological polar surface area (TPSA) is 58.6 Å².